The molecule has 0 unspecified atom stereocenters. The van der Waals surface area contributed by atoms with E-state index in [0.29, 0.717) is 11.1 Å². The lowest BCUT2D eigenvalue weighted by Gasteiger charge is -2.37. The summed E-state index contributed by atoms with van der Waals surface area (Å²) in [4.78, 5) is 5.00. The summed E-state index contributed by atoms with van der Waals surface area (Å²) in [5.74, 6) is 0.155. The molecule has 1 atom stereocenters. The van der Waals surface area contributed by atoms with Crippen LogP contribution in [0.25, 0.3) is 0 Å². The summed E-state index contributed by atoms with van der Waals surface area (Å²) < 4.78 is 0. The van der Waals surface area contributed by atoms with Gasteiger partial charge in [0.25, 0.3) is 0 Å². The quantitative estimate of drug-likeness (QED) is 0.839. The van der Waals surface area contributed by atoms with Crippen LogP contribution in [-0.4, -0.2) is 47.6 Å². The van der Waals surface area contributed by atoms with Gasteiger partial charge in [-0.3, -0.25) is 4.90 Å². The van der Waals surface area contributed by atoms with Crippen LogP contribution in [0.2, 0.25) is 5.02 Å². The van der Waals surface area contributed by atoms with E-state index in [2.05, 4.69) is 47.2 Å². The number of nitrogens with zero attached hydrogens (tertiary/aromatic N) is 2. The second-order valence-corrected chi connectivity index (χ2v) is 7.44. The topological polar surface area (TPSA) is 26.7 Å². The Balaban J connectivity index is 1.52. The molecule has 0 radical (unpaired) electrons. The summed E-state index contributed by atoms with van der Waals surface area (Å²) in [7, 11) is 2.24. The Kier molecular flexibility index (Phi) is 6.35. The van der Waals surface area contributed by atoms with Crippen molar-refractivity contribution in [3.05, 3.63) is 64.7 Å². The van der Waals surface area contributed by atoms with Crippen molar-refractivity contribution >= 4 is 11.6 Å². The van der Waals surface area contributed by atoms with Gasteiger partial charge in [-0.1, -0.05) is 48.0 Å². The fraction of sp³-hybridized carbons (Fsp3) is 0.429. The fourth-order valence-electron chi connectivity index (χ4n) is 3.57. The third-order valence-electron chi connectivity index (χ3n) is 5.12. The highest BCUT2D eigenvalue weighted by Crippen LogP contribution is 2.25. The second kappa shape index (κ2) is 8.70. The number of hydrogen-bond acceptors (Lipinski definition) is 3. The van der Waals surface area contributed by atoms with E-state index in [4.69, 9.17) is 11.6 Å². The highest BCUT2D eigenvalue weighted by Gasteiger charge is 2.23. The first-order chi connectivity index (χ1) is 12.1. The number of halogens is 1. The Morgan fingerprint density at radius 2 is 1.96 bits per heavy atom. The summed E-state index contributed by atoms with van der Waals surface area (Å²) in [5.41, 5.74) is 2.57. The molecular formula is C21H27ClN2O. The van der Waals surface area contributed by atoms with Crippen LogP contribution < -0.4 is 0 Å². The van der Waals surface area contributed by atoms with Crippen molar-refractivity contribution in [2.45, 2.75) is 31.8 Å². The van der Waals surface area contributed by atoms with Crippen molar-refractivity contribution in [2.24, 2.45) is 0 Å². The monoisotopic (exact) mass is 358 g/mol. The smallest absolute Gasteiger partial charge is 0.134 e. The van der Waals surface area contributed by atoms with E-state index in [0.717, 1.165) is 38.2 Å². The van der Waals surface area contributed by atoms with Crippen LogP contribution in [0.3, 0.4) is 0 Å². The van der Waals surface area contributed by atoms with Crippen LogP contribution in [0, 0.1) is 0 Å². The van der Waals surface area contributed by atoms with E-state index in [9.17, 15) is 5.11 Å². The number of likely N-dealkylation sites (tertiary alicyclic amines) is 1. The molecule has 0 spiro atoms. The van der Waals surface area contributed by atoms with E-state index >= 15 is 0 Å². The van der Waals surface area contributed by atoms with Gasteiger partial charge in [-0.05, 0) is 56.1 Å². The maximum atomic E-state index is 9.57. The molecule has 0 bridgehead atoms. The summed E-state index contributed by atoms with van der Waals surface area (Å²) >= 11 is 6.03. The molecule has 1 N–H and O–H groups in total. The van der Waals surface area contributed by atoms with Crippen LogP contribution in [-0.2, 0) is 13.0 Å². The molecule has 0 saturated carbocycles. The number of phenols is 1. The van der Waals surface area contributed by atoms with Crippen LogP contribution in [0.15, 0.2) is 48.5 Å². The molecule has 3 rings (SSSR count). The van der Waals surface area contributed by atoms with E-state index < -0.39 is 0 Å². The molecule has 2 aromatic carbocycles. The minimum absolute atomic E-state index is 0.155. The summed E-state index contributed by atoms with van der Waals surface area (Å²) in [6, 6.07) is 16.8. The molecule has 0 aliphatic carbocycles. The zero-order chi connectivity index (χ0) is 17.6. The lowest BCUT2D eigenvalue weighted by atomic mass is 10.0. The third-order valence-corrected chi connectivity index (χ3v) is 5.42. The molecule has 25 heavy (non-hydrogen) atoms. The Labute approximate surface area is 155 Å². The first-order valence-corrected chi connectivity index (χ1v) is 9.43. The largest absolute Gasteiger partial charge is 0.506 e. The SMILES string of the molecule is CN(CCc1ccccc1)[C@@H]1CCCN(Cc2ccc(O)c(Cl)c2)C1. The molecule has 1 fully saturated rings. The van der Waals surface area contributed by atoms with E-state index in [-0.39, 0.29) is 5.75 Å². The molecular weight excluding hydrogens is 332 g/mol. The average molecular weight is 359 g/mol. The summed E-state index contributed by atoms with van der Waals surface area (Å²) in [6.07, 6.45) is 3.59. The van der Waals surface area contributed by atoms with Crippen LogP contribution in [0.4, 0.5) is 0 Å². The molecule has 1 saturated heterocycles. The molecule has 134 valence electrons. The maximum Gasteiger partial charge on any atom is 0.134 e. The molecule has 2 aromatic rings. The van der Waals surface area contributed by atoms with Crippen molar-refractivity contribution in [1.29, 1.82) is 0 Å². The van der Waals surface area contributed by atoms with Crippen molar-refractivity contribution < 1.29 is 5.11 Å². The number of rotatable bonds is 6. The number of likely N-dealkylation sites (N-methyl/N-ethyl adjacent to an activating group) is 1. The first kappa shape index (κ1) is 18.2. The van der Waals surface area contributed by atoms with Crippen molar-refractivity contribution in [2.75, 3.05) is 26.7 Å². The predicted molar refractivity (Wildman–Crippen MR) is 104 cm³/mol. The zero-order valence-electron chi connectivity index (χ0n) is 14.9. The molecule has 3 nitrogen and oxygen atoms in total. The third kappa shape index (κ3) is 5.21. The lowest BCUT2D eigenvalue weighted by molar-refractivity contribution is 0.112. The first-order valence-electron chi connectivity index (χ1n) is 9.06. The number of phenolic OH excluding ortho intramolecular Hbond substituents is 1. The van der Waals surface area contributed by atoms with Crippen molar-refractivity contribution in [3.8, 4) is 5.75 Å². The van der Waals surface area contributed by atoms with Gasteiger partial charge >= 0.3 is 0 Å². The minimum atomic E-state index is 0.155. The summed E-state index contributed by atoms with van der Waals surface area (Å²) in [5, 5.41) is 10.0. The van der Waals surface area contributed by atoms with Crippen molar-refractivity contribution in [3.63, 3.8) is 0 Å². The number of piperidine rings is 1. The van der Waals surface area contributed by atoms with Crippen LogP contribution in [0.5, 0.6) is 5.75 Å². The number of benzene rings is 2. The van der Waals surface area contributed by atoms with E-state index in [1.807, 2.05) is 12.1 Å². The predicted octanol–water partition coefficient (Wildman–Crippen LogP) is 4.18. The lowest BCUT2D eigenvalue weighted by Crippen LogP contribution is -2.46. The Morgan fingerprint density at radius 3 is 2.72 bits per heavy atom. The maximum absolute atomic E-state index is 9.57. The van der Waals surface area contributed by atoms with Gasteiger partial charge in [0, 0.05) is 25.7 Å². The molecule has 0 amide bonds. The van der Waals surface area contributed by atoms with Gasteiger partial charge in [0.2, 0.25) is 0 Å². The Hall–Kier alpha value is -1.55. The Bertz CT molecular complexity index is 677. The molecule has 0 aromatic heterocycles. The highest BCUT2D eigenvalue weighted by atomic mass is 35.5. The molecule has 1 aliphatic heterocycles. The normalized spacial score (nSPS) is 18.6. The van der Waals surface area contributed by atoms with Crippen molar-refractivity contribution in [1.82, 2.24) is 9.80 Å². The van der Waals surface area contributed by atoms with Gasteiger partial charge in [-0.25, -0.2) is 0 Å². The second-order valence-electron chi connectivity index (χ2n) is 7.03. The van der Waals surface area contributed by atoms with Crippen LogP contribution >= 0.6 is 11.6 Å². The molecule has 4 heteroatoms. The zero-order valence-corrected chi connectivity index (χ0v) is 15.6. The minimum Gasteiger partial charge on any atom is -0.506 e. The van der Waals surface area contributed by atoms with Gasteiger partial charge < -0.3 is 10.0 Å². The molecule has 1 heterocycles. The fourth-order valence-corrected chi connectivity index (χ4v) is 3.78. The van der Waals surface area contributed by atoms with Gasteiger partial charge in [-0.15, -0.1) is 0 Å². The van der Waals surface area contributed by atoms with E-state index in [1.165, 1.54) is 18.4 Å². The van der Waals surface area contributed by atoms with Gasteiger partial charge in [-0.2, -0.15) is 0 Å². The summed E-state index contributed by atoms with van der Waals surface area (Å²) in [6.45, 7) is 4.20. The van der Waals surface area contributed by atoms with Crippen LogP contribution in [0.1, 0.15) is 24.0 Å². The molecule has 1 aliphatic rings. The standard InChI is InChI=1S/C21H27ClN2O/c1-23(13-11-17-6-3-2-4-7-17)19-8-5-12-24(16-19)15-18-9-10-21(25)20(22)14-18/h2-4,6-7,9-10,14,19,25H,5,8,11-13,15-16H2,1H3/t19-/m1/s1. The van der Waals surface area contributed by atoms with E-state index in [1.54, 1.807) is 6.07 Å². The average Bonchev–Trinajstić information content (AvgIpc) is 2.64. The van der Waals surface area contributed by atoms with Gasteiger partial charge in [0.05, 0.1) is 5.02 Å². The number of hydrogen-bond donors (Lipinski definition) is 1. The highest BCUT2D eigenvalue weighted by molar-refractivity contribution is 6.32. The van der Waals surface area contributed by atoms with Gasteiger partial charge in [0.15, 0.2) is 0 Å². The number of aromatic hydroxyl groups is 1. The Morgan fingerprint density at radius 1 is 1.16 bits per heavy atom. The van der Waals surface area contributed by atoms with Gasteiger partial charge in [0.1, 0.15) is 5.75 Å².